The first-order chi connectivity index (χ1) is 5.65. The summed E-state index contributed by atoms with van der Waals surface area (Å²) in [5.74, 6) is 0.106. The molecule has 1 aromatic carbocycles. The van der Waals surface area contributed by atoms with E-state index in [9.17, 15) is 15.2 Å². The summed E-state index contributed by atoms with van der Waals surface area (Å²) in [5, 5.41) is 19.5. The van der Waals surface area contributed by atoms with Gasteiger partial charge in [0.1, 0.15) is 5.75 Å². The van der Waals surface area contributed by atoms with Gasteiger partial charge in [0, 0.05) is 22.1 Å². The molecule has 0 aliphatic heterocycles. The predicted octanol–water partition coefficient (Wildman–Crippen LogP) is 2.24. The zero-order valence-electron chi connectivity index (χ0n) is 6.03. The van der Waals surface area contributed by atoms with Gasteiger partial charge in [0.2, 0.25) is 0 Å². The Labute approximate surface area is 82.5 Å². The van der Waals surface area contributed by atoms with Gasteiger partial charge in [-0.15, -0.1) is 0 Å². The number of hydrogen-bond acceptors (Lipinski definition) is 3. The second-order valence-corrected chi connectivity index (χ2v) is 2.97. The van der Waals surface area contributed by atoms with E-state index < -0.39 is 4.92 Å². The monoisotopic (exact) mass is 279 g/mol. The smallest absolute Gasteiger partial charge is 0.270 e. The molecule has 4 nitrogen and oxygen atoms in total. The van der Waals surface area contributed by atoms with E-state index in [0.717, 1.165) is 0 Å². The third-order valence-corrected chi connectivity index (χ3v) is 2.24. The lowest BCUT2D eigenvalue weighted by molar-refractivity contribution is -0.384. The molecule has 0 saturated carbocycles. The lowest BCUT2D eigenvalue weighted by Gasteiger charge is -1.98. The van der Waals surface area contributed by atoms with Crippen molar-refractivity contribution in [3.8, 4) is 5.75 Å². The fourth-order valence-corrected chi connectivity index (χ4v) is 1.40. The Hall–Kier alpha value is -0.850. The Kier molecular flexibility index (Phi) is 2.85. The molecule has 0 heterocycles. The third-order valence-electron chi connectivity index (χ3n) is 1.42. The van der Waals surface area contributed by atoms with Crippen LogP contribution in [0.1, 0.15) is 5.56 Å². The number of halogens is 1. The van der Waals surface area contributed by atoms with Crippen LogP contribution < -0.4 is 0 Å². The summed E-state index contributed by atoms with van der Waals surface area (Å²) in [6, 6.07) is 4.00. The molecule has 1 N–H and O–H groups in total. The van der Waals surface area contributed by atoms with Crippen molar-refractivity contribution in [2.75, 3.05) is 0 Å². The van der Waals surface area contributed by atoms with Crippen LogP contribution in [-0.4, -0.2) is 10.0 Å². The van der Waals surface area contributed by atoms with Crippen molar-refractivity contribution in [1.29, 1.82) is 0 Å². The molecule has 0 atom stereocenters. The van der Waals surface area contributed by atoms with Gasteiger partial charge in [-0.3, -0.25) is 10.1 Å². The number of non-ortho nitro benzene ring substituents is 1. The van der Waals surface area contributed by atoms with E-state index in [-0.39, 0.29) is 11.4 Å². The quantitative estimate of drug-likeness (QED) is 0.391. The Morgan fingerprint density at radius 1 is 1.58 bits per heavy atom. The van der Waals surface area contributed by atoms with Gasteiger partial charge in [-0.1, -0.05) is 22.6 Å². The van der Waals surface area contributed by atoms with Crippen LogP contribution in [0.3, 0.4) is 0 Å². The maximum atomic E-state index is 10.3. The van der Waals surface area contributed by atoms with Crippen LogP contribution in [0.15, 0.2) is 18.2 Å². The maximum Gasteiger partial charge on any atom is 0.270 e. The topological polar surface area (TPSA) is 63.4 Å². The molecule has 0 radical (unpaired) electrons. The average molecular weight is 279 g/mol. The molecule has 0 bridgehead atoms. The number of rotatable bonds is 2. The fraction of sp³-hybridized carbons (Fsp3) is 0.143. The van der Waals surface area contributed by atoms with Crippen molar-refractivity contribution in [2.45, 2.75) is 4.43 Å². The molecular weight excluding hydrogens is 273 g/mol. The highest BCUT2D eigenvalue weighted by molar-refractivity contribution is 14.1. The summed E-state index contributed by atoms with van der Waals surface area (Å²) in [6.45, 7) is 0. The lowest BCUT2D eigenvalue weighted by Crippen LogP contribution is -1.89. The first kappa shape index (κ1) is 9.24. The molecule has 0 aliphatic carbocycles. The maximum absolute atomic E-state index is 10.3. The van der Waals surface area contributed by atoms with Gasteiger partial charge in [-0.25, -0.2) is 0 Å². The highest BCUT2D eigenvalue weighted by Gasteiger charge is 2.08. The first-order valence-electron chi connectivity index (χ1n) is 3.17. The number of nitrogens with zero attached hydrogens (tertiary/aromatic N) is 1. The van der Waals surface area contributed by atoms with E-state index >= 15 is 0 Å². The zero-order chi connectivity index (χ0) is 9.14. The van der Waals surface area contributed by atoms with Crippen molar-refractivity contribution in [1.82, 2.24) is 0 Å². The minimum Gasteiger partial charge on any atom is -0.508 e. The molecule has 12 heavy (non-hydrogen) atoms. The van der Waals surface area contributed by atoms with Crippen molar-refractivity contribution >= 4 is 28.3 Å². The molecule has 5 heteroatoms. The Bertz CT molecular complexity index is 314. The number of nitro benzene ring substituents is 1. The number of hydrogen-bond donors (Lipinski definition) is 1. The molecule has 0 saturated heterocycles. The highest BCUT2D eigenvalue weighted by atomic mass is 127. The van der Waals surface area contributed by atoms with Crippen LogP contribution in [-0.2, 0) is 4.43 Å². The normalized spacial score (nSPS) is 9.75. The Morgan fingerprint density at radius 2 is 2.25 bits per heavy atom. The number of nitro groups is 1. The zero-order valence-corrected chi connectivity index (χ0v) is 8.19. The van der Waals surface area contributed by atoms with E-state index in [2.05, 4.69) is 0 Å². The van der Waals surface area contributed by atoms with E-state index in [1.807, 2.05) is 22.6 Å². The summed E-state index contributed by atoms with van der Waals surface area (Å²) in [7, 11) is 0. The molecule has 1 aromatic rings. The van der Waals surface area contributed by atoms with Crippen molar-refractivity contribution in [2.24, 2.45) is 0 Å². The van der Waals surface area contributed by atoms with Gasteiger partial charge in [0.05, 0.1) is 4.92 Å². The summed E-state index contributed by atoms with van der Waals surface area (Å²) >= 11 is 2.04. The first-order valence-corrected chi connectivity index (χ1v) is 4.70. The number of aromatic hydroxyl groups is 1. The van der Waals surface area contributed by atoms with Crippen molar-refractivity contribution in [3.05, 3.63) is 33.9 Å². The van der Waals surface area contributed by atoms with Crippen LogP contribution in [0.4, 0.5) is 5.69 Å². The van der Waals surface area contributed by atoms with Gasteiger partial charge >= 0.3 is 0 Å². The average Bonchev–Trinajstić information content (AvgIpc) is 2.05. The third kappa shape index (κ3) is 1.84. The van der Waals surface area contributed by atoms with Crippen molar-refractivity contribution < 1.29 is 10.0 Å². The van der Waals surface area contributed by atoms with Crippen LogP contribution >= 0.6 is 22.6 Å². The number of alkyl halides is 1. The van der Waals surface area contributed by atoms with Gasteiger partial charge in [0.25, 0.3) is 5.69 Å². The molecular formula is C7H6INO3. The highest BCUT2D eigenvalue weighted by Crippen LogP contribution is 2.24. The molecule has 0 spiro atoms. The number of phenols is 1. The van der Waals surface area contributed by atoms with Gasteiger partial charge in [-0.05, 0) is 6.07 Å². The standard InChI is InChI=1S/C7H6INO3/c8-4-5-3-6(9(11)12)1-2-7(5)10/h1-3,10H,4H2. The molecule has 0 amide bonds. The predicted molar refractivity (Wildman–Crippen MR) is 52.5 cm³/mol. The Morgan fingerprint density at radius 3 is 2.75 bits per heavy atom. The second-order valence-electron chi connectivity index (χ2n) is 2.20. The van der Waals surface area contributed by atoms with Crippen LogP contribution in [0.25, 0.3) is 0 Å². The summed E-state index contributed by atoms with van der Waals surface area (Å²) < 4.78 is 0.561. The SMILES string of the molecule is O=[N+]([O-])c1ccc(O)c(CI)c1. The molecule has 0 unspecified atom stereocenters. The lowest BCUT2D eigenvalue weighted by atomic mass is 10.2. The van der Waals surface area contributed by atoms with Gasteiger partial charge in [-0.2, -0.15) is 0 Å². The molecule has 1 rings (SSSR count). The minimum atomic E-state index is -0.477. The Balaban J connectivity index is 3.13. The van der Waals surface area contributed by atoms with Crippen LogP contribution in [0, 0.1) is 10.1 Å². The van der Waals surface area contributed by atoms with E-state index in [1.54, 1.807) is 0 Å². The largest absolute Gasteiger partial charge is 0.508 e. The molecule has 0 aliphatic rings. The minimum absolute atomic E-state index is 0.0134. The summed E-state index contributed by atoms with van der Waals surface area (Å²) in [4.78, 5) is 9.82. The fourth-order valence-electron chi connectivity index (χ4n) is 0.793. The summed E-state index contributed by atoms with van der Waals surface area (Å²) in [5.41, 5.74) is 0.601. The van der Waals surface area contributed by atoms with E-state index in [4.69, 9.17) is 0 Å². The summed E-state index contributed by atoms with van der Waals surface area (Å²) in [6.07, 6.45) is 0. The molecule has 64 valence electrons. The van der Waals surface area contributed by atoms with Crippen LogP contribution in [0.2, 0.25) is 0 Å². The second kappa shape index (κ2) is 3.70. The van der Waals surface area contributed by atoms with E-state index in [1.165, 1.54) is 18.2 Å². The molecule has 0 aromatic heterocycles. The number of phenolic OH excluding ortho intramolecular Hbond substituents is 1. The van der Waals surface area contributed by atoms with Crippen LogP contribution in [0.5, 0.6) is 5.75 Å². The van der Waals surface area contributed by atoms with E-state index in [0.29, 0.717) is 9.99 Å². The molecule has 0 fully saturated rings. The van der Waals surface area contributed by atoms with Gasteiger partial charge < -0.3 is 5.11 Å². The van der Waals surface area contributed by atoms with Gasteiger partial charge in [0.15, 0.2) is 0 Å². The van der Waals surface area contributed by atoms with Crippen molar-refractivity contribution in [3.63, 3.8) is 0 Å². The number of benzene rings is 1.